The van der Waals surface area contributed by atoms with Gasteiger partial charge in [-0.2, -0.15) is 5.10 Å². The van der Waals surface area contributed by atoms with Gasteiger partial charge in [0, 0.05) is 26.9 Å². The van der Waals surface area contributed by atoms with Gasteiger partial charge in [-0.05, 0) is 55.8 Å². The highest BCUT2D eigenvalue weighted by Crippen LogP contribution is 2.35. The molecule has 1 heterocycles. The highest BCUT2D eigenvalue weighted by Gasteiger charge is 2.32. The van der Waals surface area contributed by atoms with Crippen LogP contribution in [0.25, 0.3) is 0 Å². The zero-order valence-electron chi connectivity index (χ0n) is 25.6. The third-order valence-electron chi connectivity index (χ3n) is 6.72. The van der Waals surface area contributed by atoms with Gasteiger partial charge in [0.05, 0.1) is 38.7 Å². The van der Waals surface area contributed by atoms with E-state index >= 15 is 0 Å². The minimum absolute atomic E-state index is 0.159. The molecule has 14 heteroatoms. The molecule has 0 bridgehead atoms. The predicted molar refractivity (Wildman–Crippen MR) is 173 cm³/mol. The van der Waals surface area contributed by atoms with E-state index in [0.29, 0.717) is 56.5 Å². The number of nitrogens with zero attached hydrogens (tertiary/aromatic N) is 1. The highest BCUT2D eigenvalue weighted by atomic mass is 35.5. The first-order valence-electron chi connectivity index (χ1n) is 14.1. The van der Waals surface area contributed by atoms with Gasteiger partial charge >= 0.3 is 12.0 Å². The number of hydrazone groups is 1. The molecule has 12 nitrogen and oxygen atoms in total. The summed E-state index contributed by atoms with van der Waals surface area (Å²) in [6.45, 7) is 3.71. The fourth-order valence-electron chi connectivity index (χ4n) is 4.55. The van der Waals surface area contributed by atoms with Crippen molar-refractivity contribution in [3.63, 3.8) is 0 Å². The largest absolute Gasteiger partial charge is 0.493 e. The quantitative estimate of drug-likeness (QED) is 0.0794. The van der Waals surface area contributed by atoms with E-state index in [1.54, 1.807) is 68.4 Å². The maximum absolute atomic E-state index is 12.5. The van der Waals surface area contributed by atoms with Crippen LogP contribution in [0.1, 0.15) is 36.6 Å². The van der Waals surface area contributed by atoms with Gasteiger partial charge in [0.25, 0.3) is 0 Å². The van der Waals surface area contributed by atoms with Crippen LogP contribution >= 0.6 is 23.2 Å². The molecule has 0 radical (unpaired) electrons. The van der Waals surface area contributed by atoms with Crippen LogP contribution in [0.3, 0.4) is 0 Å². The van der Waals surface area contributed by atoms with Crippen molar-refractivity contribution in [1.29, 1.82) is 0 Å². The molecular formula is C32H34Cl2N4O8. The van der Waals surface area contributed by atoms with E-state index in [1.807, 2.05) is 0 Å². The van der Waals surface area contributed by atoms with E-state index in [1.165, 1.54) is 20.4 Å². The molecule has 1 aliphatic rings. The Hall–Kier alpha value is -4.65. The van der Waals surface area contributed by atoms with E-state index in [2.05, 4.69) is 21.2 Å². The third-order valence-corrected chi connectivity index (χ3v) is 7.30. The molecule has 244 valence electrons. The first kappa shape index (κ1) is 34.2. The molecule has 0 saturated carbocycles. The molecule has 3 aromatic carbocycles. The minimum atomic E-state index is -1.20. The molecule has 0 aromatic heterocycles. The molecule has 4 N–H and O–H groups in total. The number of halogens is 2. The van der Waals surface area contributed by atoms with Crippen LogP contribution in [-0.4, -0.2) is 57.0 Å². The van der Waals surface area contributed by atoms with Gasteiger partial charge < -0.3 is 39.4 Å². The molecule has 0 unspecified atom stereocenters. The summed E-state index contributed by atoms with van der Waals surface area (Å²) in [6, 6.07) is 14.2. The summed E-state index contributed by atoms with van der Waals surface area (Å²) in [5.41, 5.74) is 5.15. The molecule has 2 amide bonds. The predicted octanol–water partition coefficient (Wildman–Crippen LogP) is 5.10. The number of carbonyl (C=O) groups excluding carboxylic acids is 2. The van der Waals surface area contributed by atoms with E-state index in [-0.39, 0.29) is 18.8 Å². The summed E-state index contributed by atoms with van der Waals surface area (Å²) in [4.78, 5) is 24.6. The van der Waals surface area contributed by atoms with Crippen LogP contribution in [0.5, 0.6) is 23.0 Å². The maximum atomic E-state index is 12.5. The van der Waals surface area contributed by atoms with E-state index < -0.39 is 24.3 Å². The van der Waals surface area contributed by atoms with Crippen molar-refractivity contribution in [1.82, 2.24) is 16.1 Å². The second kappa shape index (κ2) is 16.1. The topological polar surface area (TPSA) is 149 Å². The lowest BCUT2D eigenvalue weighted by Crippen LogP contribution is -2.45. The highest BCUT2D eigenvalue weighted by molar-refractivity contribution is 6.35. The van der Waals surface area contributed by atoms with Gasteiger partial charge in [0.15, 0.2) is 29.2 Å². The van der Waals surface area contributed by atoms with Crippen molar-refractivity contribution in [2.45, 2.75) is 32.7 Å². The summed E-state index contributed by atoms with van der Waals surface area (Å²) in [5, 5.41) is 21.0. The summed E-state index contributed by atoms with van der Waals surface area (Å²) in [5.74, 6) is 1.02. The number of esters is 1. The normalized spacial score (nSPS) is 15.1. The average Bonchev–Trinajstić information content (AvgIpc) is 3.03. The SMILES string of the molecule is CCOc1cc([C@H]2NC(=O)NC(C)=C2C(=O)OC)ccc1OC[C@@H](O)N/N=C/c1cccc(OC)c1OCc1ccc(Cl)cc1Cl. The molecular weight excluding hydrogens is 639 g/mol. The van der Waals surface area contributed by atoms with Gasteiger partial charge in [-0.1, -0.05) is 41.4 Å². The minimum Gasteiger partial charge on any atom is -0.493 e. The molecule has 0 spiro atoms. The molecule has 2 atom stereocenters. The van der Waals surface area contributed by atoms with E-state index in [0.717, 1.165) is 5.56 Å². The van der Waals surface area contributed by atoms with Gasteiger partial charge in [-0.25, -0.2) is 9.59 Å². The van der Waals surface area contributed by atoms with Crippen molar-refractivity contribution >= 4 is 41.4 Å². The lowest BCUT2D eigenvalue weighted by molar-refractivity contribution is -0.136. The number of para-hydroxylation sites is 1. The van der Waals surface area contributed by atoms with Gasteiger partial charge in [-0.15, -0.1) is 0 Å². The number of aliphatic hydroxyl groups is 1. The molecule has 4 rings (SSSR count). The third kappa shape index (κ3) is 8.53. The van der Waals surface area contributed by atoms with Crippen LogP contribution in [0, 0.1) is 0 Å². The van der Waals surface area contributed by atoms with Gasteiger partial charge in [0.2, 0.25) is 0 Å². The lowest BCUT2D eigenvalue weighted by atomic mass is 9.95. The lowest BCUT2D eigenvalue weighted by Gasteiger charge is -2.28. The van der Waals surface area contributed by atoms with Crippen molar-refractivity contribution in [3.05, 3.63) is 92.6 Å². The van der Waals surface area contributed by atoms with Crippen LogP contribution in [0.2, 0.25) is 10.0 Å². The number of methoxy groups -OCH3 is 2. The Labute approximate surface area is 276 Å². The Balaban J connectivity index is 1.42. The first-order valence-corrected chi connectivity index (χ1v) is 14.9. The second-order valence-electron chi connectivity index (χ2n) is 9.82. The average molecular weight is 674 g/mol. The Kier molecular flexibility index (Phi) is 12.0. The summed E-state index contributed by atoms with van der Waals surface area (Å²) in [6.07, 6.45) is 0.278. The van der Waals surface area contributed by atoms with Crippen molar-refractivity contribution in [2.75, 3.05) is 27.4 Å². The maximum Gasteiger partial charge on any atom is 0.337 e. The number of benzene rings is 3. The van der Waals surface area contributed by atoms with Gasteiger partial charge in [-0.3, -0.25) is 5.43 Å². The zero-order valence-corrected chi connectivity index (χ0v) is 27.1. The molecule has 1 aliphatic heterocycles. The molecule has 0 saturated heterocycles. The number of amides is 2. The Morgan fingerprint density at radius 1 is 1.07 bits per heavy atom. The fourth-order valence-corrected chi connectivity index (χ4v) is 5.02. The summed E-state index contributed by atoms with van der Waals surface area (Å²) >= 11 is 12.3. The van der Waals surface area contributed by atoms with Crippen LogP contribution < -0.4 is 35.0 Å². The number of nitrogens with one attached hydrogen (secondary N) is 3. The molecule has 0 fully saturated rings. The van der Waals surface area contributed by atoms with Crippen LogP contribution in [0.4, 0.5) is 4.79 Å². The number of allylic oxidation sites excluding steroid dienone is 1. The summed E-state index contributed by atoms with van der Waals surface area (Å²) in [7, 11) is 2.80. The number of hydrogen-bond acceptors (Lipinski definition) is 10. The van der Waals surface area contributed by atoms with Gasteiger partial charge in [0.1, 0.15) is 13.2 Å². The second-order valence-corrected chi connectivity index (χ2v) is 10.7. The molecule has 0 aliphatic carbocycles. The Morgan fingerprint density at radius 3 is 2.59 bits per heavy atom. The number of aliphatic hydroxyl groups excluding tert-OH is 1. The number of rotatable bonds is 14. The first-order chi connectivity index (χ1) is 22.1. The Morgan fingerprint density at radius 2 is 1.87 bits per heavy atom. The molecule has 46 heavy (non-hydrogen) atoms. The van der Waals surface area contributed by atoms with E-state index in [9.17, 15) is 14.7 Å². The smallest absolute Gasteiger partial charge is 0.337 e. The number of ether oxygens (including phenoxy) is 5. The van der Waals surface area contributed by atoms with Crippen molar-refractivity contribution in [3.8, 4) is 23.0 Å². The zero-order chi connectivity index (χ0) is 33.2. The number of carbonyl (C=O) groups is 2. The van der Waals surface area contributed by atoms with Crippen molar-refractivity contribution < 1.29 is 38.4 Å². The number of urea groups is 1. The summed E-state index contributed by atoms with van der Waals surface area (Å²) < 4.78 is 28.0. The standard InChI is InChI=1S/C32H34Cl2N4O8/c1-5-44-26-13-19(29-28(31(40)43-4)18(2)36-32(41)37-29)10-12-24(26)45-17-27(39)38-35-15-20-7-6-8-25(42-3)30(20)46-16-21-9-11-22(33)14-23(21)34/h6-15,27,29,38-39H,5,16-17H2,1-4H3,(H2,36,37,41)/b35-15+/t27-,29-/m1/s1. The van der Waals surface area contributed by atoms with Crippen LogP contribution in [-0.2, 0) is 16.1 Å². The van der Waals surface area contributed by atoms with E-state index in [4.69, 9.17) is 46.9 Å². The monoisotopic (exact) mass is 672 g/mol. The van der Waals surface area contributed by atoms with Crippen molar-refractivity contribution in [2.24, 2.45) is 5.10 Å². The Bertz CT molecular complexity index is 1630. The molecule has 3 aromatic rings. The number of hydrogen-bond donors (Lipinski definition) is 4. The van der Waals surface area contributed by atoms with Crippen LogP contribution in [0.15, 0.2) is 71.0 Å². The fraction of sp³-hybridized carbons (Fsp3) is 0.281.